The maximum Gasteiger partial charge on any atom is 0.333 e. The van der Waals surface area contributed by atoms with Crippen molar-refractivity contribution in [2.24, 2.45) is 0 Å². The molecule has 0 aliphatic rings. The van der Waals surface area contributed by atoms with Crippen molar-refractivity contribution < 1.29 is 19.1 Å². The van der Waals surface area contributed by atoms with Crippen LogP contribution in [0.1, 0.15) is 88.5 Å². The summed E-state index contributed by atoms with van der Waals surface area (Å²) >= 11 is 0. The Labute approximate surface area is 271 Å². The highest BCUT2D eigenvalue weighted by atomic mass is 16.5. The van der Waals surface area contributed by atoms with E-state index < -0.39 is 0 Å². The molecule has 5 heteroatoms. The molecule has 0 heterocycles. The first-order chi connectivity index (χ1) is 21.7. The highest BCUT2D eigenvalue weighted by Crippen LogP contribution is 2.36. The number of carbonyl (C=O) groups is 2. The van der Waals surface area contributed by atoms with Gasteiger partial charge in [0.2, 0.25) is 0 Å². The van der Waals surface area contributed by atoms with Crippen LogP contribution in [0.2, 0.25) is 0 Å². The molecular formula is C40H51NO4. The third-order valence-electron chi connectivity index (χ3n) is 8.33. The van der Waals surface area contributed by atoms with Gasteiger partial charge in [0.15, 0.2) is 0 Å². The molecular weight excluding hydrogens is 558 g/mol. The molecule has 5 nitrogen and oxygen atoms in total. The summed E-state index contributed by atoms with van der Waals surface area (Å²) in [7, 11) is 0. The summed E-state index contributed by atoms with van der Waals surface area (Å²) in [6.45, 7) is 12.5. The smallest absolute Gasteiger partial charge is 0.333 e. The topological polar surface area (TPSA) is 55.8 Å². The lowest BCUT2D eigenvalue weighted by atomic mass is 10.0. The summed E-state index contributed by atoms with van der Waals surface area (Å²) in [5.74, 6) is -0.439. The van der Waals surface area contributed by atoms with Gasteiger partial charge in [-0.2, -0.15) is 0 Å². The Morgan fingerprint density at radius 2 is 1.00 bits per heavy atom. The Morgan fingerprint density at radius 1 is 0.578 bits per heavy atom. The van der Waals surface area contributed by atoms with Crippen molar-refractivity contribution in [3.63, 3.8) is 0 Å². The number of hydrogen-bond donors (Lipinski definition) is 0. The first-order valence-electron chi connectivity index (χ1n) is 16.4. The Hall–Kier alpha value is -4.12. The number of ether oxygens (including phenoxy) is 2. The number of hydrogen-bond acceptors (Lipinski definition) is 5. The number of allylic oxidation sites excluding steroid dienone is 2. The molecule has 0 radical (unpaired) electrons. The highest BCUT2D eigenvalue weighted by Gasteiger charge is 2.14. The van der Waals surface area contributed by atoms with Crippen LogP contribution in [0.25, 0.3) is 0 Å². The average Bonchev–Trinajstić information content (AvgIpc) is 3.06. The largest absolute Gasteiger partial charge is 0.462 e. The predicted molar refractivity (Wildman–Crippen MR) is 186 cm³/mol. The summed E-state index contributed by atoms with van der Waals surface area (Å²) in [5.41, 5.74) is 9.88. The van der Waals surface area contributed by atoms with Gasteiger partial charge in [-0.1, -0.05) is 42.5 Å². The zero-order chi connectivity index (χ0) is 32.6. The molecule has 0 saturated heterocycles. The summed E-state index contributed by atoms with van der Waals surface area (Å²) in [5, 5.41) is 0. The molecule has 0 atom stereocenters. The quantitative estimate of drug-likeness (QED) is 0.0866. The molecule has 45 heavy (non-hydrogen) atoms. The first-order valence-corrected chi connectivity index (χ1v) is 16.4. The fourth-order valence-corrected chi connectivity index (χ4v) is 4.94. The van der Waals surface area contributed by atoms with Gasteiger partial charge < -0.3 is 14.4 Å². The van der Waals surface area contributed by atoms with Gasteiger partial charge in [0.25, 0.3) is 0 Å². The number of rotatable bonds is 17. The van der Waals surface area contributed by atoms with Gasteiger partial charge in [0.1, 0.15) is 0 Å². The number of nitrogens with zero attached hydrogens (tertiary/aromatic N) is 1. The fourth-order valence-electron chi connectivity index (χ4n) is 4.94. The number of benzene rings is 3. The Morgan fingerprint density at radius 3 is 1.40 bits per heavy atom. The normalized spacial score (nSPS) is 11.8. The van der Waals surface area contributed by atoms with Crippen LogP contribution in [-0.2, 0) is 31.9 Å². The van der Waals surface area contributed by atoms with Crippen molar-refractivity contribution in [3.8, 4) is 0 Å². The molecule has 240 valence electrons. The molecule has 0 spiro atoms. The van der Waals surface area contributed by atoms with Crippen molar-refractivity contribution in [1.29, 1.82) is 0 Å². The molecule has 0 unspecified atom stereocenters. The highest BCUT2D eigenvalue weighted by molar-refractivity contribution is 5.88. The minimum atomic E-state index is -0.219. The lowest BCUT2D eigenvalue weighted by Gasteiger charge is -2.26. The minimum Gasteiger partial charge on any atom is -0.462 e. The summed E-state index contributed by atoms with van der Waals surface area (Å²) in [6, 6.07) is 24.4. The fraction of sp³-hybridized carbons (Fsp3) is 0.400. The molecule has 0 amide bonds. The molecule has 3 aromatic carbocycles. The number of unbranched alkanes of at least 4 members (excludes halogenated alkanes) is 4. The van der Waals surface area contributed by atoms with E-state index in [9.17, 15) is 9.59 Å². The maximum atomic E-state index is 11.8. The Bertz CT molecular complexity index is 1350. The number of anilines is 3. The third-order valence-corrected chi connectivity index (χ3v) is 8.33. The lowest BCUT2D eigenvalue weighted by molar-refractivity contribution is -0.140. The third kappa shape index (κ3) is 11.4. The second-order valence-corrected chi connectivity index (χ2v) is 11.8. The van der Waals surface area contributed by atoms with Crippen molar-refractivity contribution in [2.75, 3.05) is 18.1 Å². The SMILES string of the molecule is CC=C(C)C(=O)OCCCCCc1ccc(N(c2ccc(CCCCCOC(=O)C(C)=CC)cc2)c2ccc(C)c(C)c2)cc1. The van der Waals surface area contributed by atoms with Crippen LogP contribution < -0.4 is 4.90 Å². The molecule has 0 bridgehead atoms. The molecule has 3 aromatic rings. The minimum absolute atomic E-state index is 0.219. The van der Waals surface area contributed by atoms with Gasteiger partial charge in [-0.15, -0.1) is 0 Å². The molecule has 0 aliphatic heterocycles. The lowest BCUT2D eigenvalue weighted by Crippen LogP contribution is -2.10. The van der Waals surface area contributed by atoms with Crippen LogP contribution in [-0.4, -0.2) is 25.2 Å². The Kier molecular flexibility index (Phi) is 14.6. The maximum absolute atomic E-state index is 11.8. The van der Waals surface area contributed by atoms with E-state index in [0.717, 1.165) is 68.4 Å². The summed E-state index contributed by atoms with van der Waals surface area (Å²) in [6.07, 6.45) is 11.5. The van der Waals surface area contributed by atoms with E-state index in [0.29, 0.717) is 24.4 Å². The summed E-state index contributed by atoms with van der Waals surface area (Å²) < 4.78 is 10.6. The van der Waals surface area contributed by atoms with Crippen LogP contribution >= 0.6 is 0 Å². The van der Waals surface area contributed by atoms with Crippen LogP contribution in [0.4, 0.5) is 17.1 Å². The molecule has 0 N–H and O–H groups in total. The molecule has 0 fully saturated rings. The first kappa shape index (κ1) is 35.4. The van der Waals surface area contributed by atoms with E-state index in [2.05, 4.69) is 85.5 Å². The summed E-state index contributed by atoms with van der Waals surface area (Å²) in [4.78, 5) is 25.9. The number of aryl methyl sites for hydroxylation is 4. The second-order valence-electron chi connectivity index (χ2n) is 11.8. The molecule has 0 aliphatic carbocycles. The number of esters is 2. The zero-order valence-corrected chi connectivity index (χ0v) is 28.2. The van der Waals surface area contributed by atoms with E-state index >= 15 is 0 Å². The van der Waals surface area contributed by atoms with Crippen LogP contribution in [0, 0.1) is 13.8 Å². The van der Waals surface area contributed by atoms with Gasteiger partial charge in [-0.05, 0) is 152 Å². The van der Waals surface area contributed by atoms with Gasteiger partial charge in [-0.25, -0.2) is 9.59 Å². The van der Waals surface area contributed by atoms with E-state index in [1.165, 1.54) is 22.3 Å². The molecule has 3 rings (SSSR count). The van der Waals surface area contributed by atoms with Gasteiger partial charge >= 0.3 is 11.9 Å². The van der Waals surface area contributed by atoms with E-state index in [1.54, 1.807) is 26.0 Å². The van der Waals surface area contributed by atoms with E-state index in [-0.39, 0.29) is 11.9 Å². The van der Waals surface area contributed by atoms with Gasteiger partial charge in [-0.3, -0.25) is 0 Å². The van der Waals surface area contributed by atoms with Crippen molar-refractivity contribution in [3.05, 3.63) is 112 Å². The zero-order valence-electron chi connectivity index (χ0n) is 28.2. The molecule has 0 aromatic heterocycles. The Balaban J connectivity index is 1.59. The second kappa shape index (κ2) is 18.6. The van der Waals surface area contributed by atoms with Gasteiger partial charge in [0.05, 0.1) is 13.2 Å². The van der Waals surface area contributed by atoms with Crippen LogP contribution in [0.5, 0.6) is 0 Å². The van der Waals surface area contributed by atoms with Crippen LogP contribution in [0.15, 0.2) is 90.0 Å². The predicted octanol–water partition coefficient (Wildman–Crippen LogP) is 10.2. The standard InChI is InChI=1S/C40H51NO4/c1-7-30(3)39(42)44-27-13-9-11-15-34-18-23-36(24-19-34)41(38-22-17-32(5)33(6)29-38)37-25-20-35(21-26-37)16-12-10-14-28-45-40(43)31(4)8-2/h7-8,17-26,29H,9-16,27-28H2,1-6H3. The van der Waals surface area contributed by atoms with Crippen molar-refractivity contribution in [1.82, 2.24) is 0 Å². The number of carbonyl (C=O) groups excluding carboxylic acids is 2. The van der Waals surface area contributed by atoms with E-state index in [4.69, 9.17) is 9.47 Å². The van der Waals surface area contributed by atoms with Crippen molar-refractivity contribution >= 4 is 29.0 Å². The van der Waals surface area contributed by atoms with Crippen molar-refractivity contribution in [2.45, 2.75) is 92.9 Å². The monoisotopic (exact) mass is 609 g/mol. The average molecular weight is 610 g/mol. The van der Waals surface area contributed by atoms with Gasteiger partial charge in [0, 0.05) is 28.2 Å². The molecule has 0 saturated carbocycles. The van der Waals surface area contributed by atoms with Crippen LogP contribution in [0.3, 0.4) is 0 Å². The van der Waals surface area contributed by atoms with E-state index in [1.807, 2.05) is 13.8 Å².